The summed E-state index contributed by atoms with van der Waals surface area (Å²) in [5.74, 6) is 2.89. The second-order valence-electron chi connectivity index (χ2n) is 6.20. The van der Waals surface area contributed by atoms with E-state index in [-0.39, 0.29) is 0 Å². The van der Waals surface area contributed by atoms with Gasteiger partial charge in [0.1, 0.15) is 12.4 Å². The molecule has 0 unspecified atom stereocenters. The standard InChI is InChI=1S/C20H30N4O2/c1-5-16(6-2)18-13-17(26-24-18)14-23-20(21-4)22-11-12-25-19-10-8-7-9-15(19)3/h7-10,13,16H,5-6,11-12,14H2,1-4H3,(H2,21,22,23). The molecule has 0 radical (unpaired) electrons. The van der Waals surface area contributed by atoms with Crippen LogP contribution in [0.15, 0.2) is 39.8 Å². The normalized spacial score (nSPS) is 11.7. The van der Waals surface area contributed by atoms with E-state index < -0.39 is 0 Å². The van der Waals surface area contributed by atoms with Gasteiger partial charge in [-0.15, -0.1) is 0 Å². The third-order valence-corrected chi connectivity index (χ3v) is 4.38. The Hall–Kier alpha value is -2.50. The van der Waals surface area contributed by atoms with Gasteiger partial charge in [-0.1, -0.05) is 37.2 Å². The molecular formula is C20H30N4O2. The van der Waals surface area contributed by atoms with Crippen molar-refractivity contribution in [1.29, 1.82) is 0 Å². The number of aryl methyl sites for hydroxylation is 1. The molecule has 0 amide bonds. The lowest BCUT2D eigenvalue weighted by atomic mass is 9.99. The number of benzene rings is 1. The maximum atomic E-state index is 5.78. The fourth-order valence-electron chi connectivity index (χ4n) is 2.75. The summed E-state index contributed by atoms with van der Waals surface area (Å²) in [7, 11) is 1.74. The minimum Gasteiger partial charge on any atom is -0.491 e. The third kappa shape index (κ3) is 5.79. The van der Waals surface area contributed by atoms with E-state index in [1.54, 1.807) is 7.05 Å². The highest BCUT2D eigenvalue weighted by molar-refractivity contribution is 5.79. The Bertz CT molecular complexity index is 693. The van der Waals surface area contributed by atoms with Gasteiger partial charge in [-0.05, 0) is 31.4 Å². The van der Waals surface area contributed by atoms with Crippen LogP contribution in [-0.4, -0.2) is 31.3 Å². The quantitative estimate of drug-likeness (QED) is 0.407. The first-order valence-electron chi connectivity index (χ1n) is 9.26. The van der Waals surface area contributed by atoms with Gasteiger partial charge in [0.15, 0.2) is 11.7 Å². The first-order chi connectivity index (χ1) is 12.7. The summed E-state index contributed by atoms with van der Waals surface area (Å²) in [6.07, 6.45) is 2.14. The Balaban J connectivity index is 1.73. The maximum absolute atomic E-state index is 5.78. The molecule has 6 heteroatoms. The topological polar surface area (TPSA) is 71.7 Å². The molecule has 0 bridgehead atoms. The van der Waals surface area contributed by atoms with Crippen LogP contribution in [0.4, 0.5) is 0 Å². The lowest BCUT2D eigenvalue weighted by Gasteiger charge is -2.12. The molecule has 0 fully saturated rings. The molecule has 0 saturated carbocycles. The van der Waals surface area contributed by atoms with Gasteiger partial charge in [-0.25, -0.2) is 0 Å². The van der Waals surface area contributed by atoms with Crippen LogP contribution >= 0.6 is 0 Å². The zero-order chi connectivity index (χ0) is 18.8. The van der Waals surface area contributed by atoms with Gasteiger partial charge in [0, 0.05) is 19.0 Å². The zero-order valence-electron chi connectivity index (χ0n) is 16.2. The monoisotopic (exact) mass is 358 g/mol. The van der Waals surface area contributed by atoms with Crippen molar-refractivity contribution in [2.75, 3.05) is 20.2 Å². The number of ether oxygens (including phenoxy) is 1. The van der Waals surface area contributed by atoms with Gasteiger partial charge in [-0.2, -0.15) is 0 Å². The summed E-state index contributed by atoms with van der Waals surface area (Å²) < 4.78 is 11.2. The van der Waals surface area contributed by atoms with Crippen LogP contribution in [0.3, 0.4) is 0 Å². The van der Waals surface area contributed by atoms with E-state index in [1.807, 2.05) is 37.3 Å². The summed E-state index contributed by atoms with van der Waals surface area (Å²) in [5, 5.41) is 10.7. The van der Waals surface area contributed by atoms with Crippen LogP contribution in [0.2, 0.25) is 0 Å². The molecule has 0 aliphatic rings. The Kier molecular flexibility index (Phi) is 7.99. The molecule has 26 heavy (non-hydrogen) atoms. The number of aromatic nitrogens is 1. The van der Waals surface area contributed by atoms with Crippen molar-refractivity contribution >= 4 is 5.96 Å². The van der Waals surface area contributed by atoms with Crippen molar-refractivity contribution in [3.8, 4) is 5.75 Å². The van der Waals surface area contributed by atoms with Gasteiger partial charge in [0.2, 0.25) is 0 Å². The molecule has 0 aliphatic carbocycles. The van der Waals surface area contributed by atoms with Crippen LogP contribution in [-0.2, 0) is 6.54 Å². The van der Waals surface area contributed by atoms with E-state index >= 15 is 0 Å². The van der Waals surface area contributed by atoms with Gasteiger partial charge in [0.05, 0.1) is 18.8 Å². The number of para-hydroxylation sites is 1. The molecule has 2 N–H and O–H groups in total. The smallest absolute Gasteiger partial charge is 0.191 e. The lowest BCUT2D eigenvalue weighted by molar-refractivity contribution is 0.319. The van der Waals surface area contributed by atoms with Crippen molar-refractivity contribution in [2.45, 2.75) is 46.1 Å². The molecule has 2 aromatic rings. The fraction of sp³-hybridized carbons (Fsp3) is 0.500. The maximum Gasteiger partial charge on any atom is 0.191 e. The highest BCUT2D eigenvalue weighted by Gasteiger charge is 2.13. The second-order valence-corrected chi connectivity index (χ2v) is 6.20. The molecule has 1 aromatic carbocycles. The number of rotatable bonds is 9. The Morgan fingerprint density at radius 2 is 2.00 bits per heavy atom. The number of hydrogen-bond donors (Lipinski definition) is 2. The van der Waals surface area contributed by atoms with Crippen LogP contribution in [0.1, 0.15) is 49.6 Å². The molecule has 142 valence electrons. The Labute approximate surface area is 156 Å². The third-order valence-electron chi connectivity index (χ3n) is 4.38. The number of hydrogen-bond acceptors (Lipinski definition) is 4. The lowest BCUT2D eigenvalue weighted by Crippen LogP contribution is -2.38. The van der Waals surface area contributed by atoms with E-state index in [0.29, 0.717) is 31.6 Å². The Morgan fingerprint density at radius 3 is 2.69 bits per heavy atom. The minimum atomic E-state index is 0.462. The molecule has 0 atom stereocenters. The van der Waals surface area contributed by atoms with Crippen molar-refractivity contribution in [2.24, 2.45) is 4.99 Å². The van der Waals surface area contributed by atoms with Crippen LogP contribution in [0.5, 0.6) is 5.75 Å². The number of guanidine groups is 1. The van der Waals surface area contributed by atoms with E-state index in [4.69, 9.17) is 9.26 Å². The summed E-state index contributed by atoms with van der Waals surface area (Å²) in [5.41, 5.74) is 2.16. The summed E-state index contributed by atoms with van der Waals surface area (Å²) in [4.78, 5) is 4.22. The molecule has 2 rings (SSSR count). The van der Waals surface area contributed by atoms with Crippen LogP contribution in [0, 0.1) is 6.92 Å². The van der Waals surface area contributed by atoms with Gasteiger partial charge < -0.3 is 19.9 Å². The van der Waals surface area contributed by atoms with Crippen LogP contribution in [0.25, 0.3) is 0 Å². The highest BCUT2D eigenvalue weighted by Crippen LogP contribution is 2.22. The van der Waals surface area contributed by atoms with E-state index in [1.165, 1.54) is 0 Å². The minimum absolute atomic E-state index is 0.462. The highest BCUT2D eigenvalue weighted by atomic mass is 16.5. The molecule has 1 heterocycles. The number of nitrogens with one attached hydrogen (secondary N) is 2. The summed E-state index contributed by atoms with van der Waals surface area (Å²) in [6, 6.07) is 10.0. The van der Waals surface area contributed by atoms with Crippen LogP contribution < -0.4 is 15.4 Å². The average Bonchev–Trinajstić information content (AvgIpc) is 3.12. The van der Waals surface area contributed by atoms with Crippen molar-refractivity contribution in [3.63, 3.8) is 0 Å². The van der Waals surface area contributed by atoms with Gasteiger partial charge >= 0.3 is 0 Å². The predicted octanol–water partition coefficient (Wildman–Crippen LogP) is 3.63. The molecule has 6 nitrogen and oxygen atoms in total. The Morgan fingerprint density at radius 1 is 1.23 bits per heavy atom. The largest absolute Gasteiger partial charge is 0.491 e. The van der Waals surface area contributed by atoms with E-state index in [0.717, 1.165) is 35.6 Å². The van der Waals surface area contributed by atoms with Gasteiger partial charge in [-0.3, -0.25) is 4.99 Å². The van der Waals surface area contributed by atoms with E-state index in [2.05, 4.69) is 34.6 Å². The average molecular weight is 358 g/mol. The molecular weight excluding hydrogens is 328 g/mol. The molecule has 0 aliphatic heterocycles. The summed E-state index contributed by atoms with van der Waals surface area (Å²) >= 11 is 0. The van der Waals surface area contributed by atoms with Crippen molar-refractivity contribution in [1.82, 2.24) is 15.8 Å². The predicted molar refractivity (Wildman–Crippen MR) is 105 cm³/mol. The summed E-state index contributed by atoms with van der Waals surface area (Å²) in [6.45, 7) is 8.15. The van der Waals surface area contributed by atoms with Crippen molar-refractivity contribution in [3.05, 3.63) is 47.3 Å². The van der Waals surface area contributed by atoms with Gasteiger partial charge in [0.25, 0.3) is 0 Å². The molecule has 0 saturated heterocycles. The second kappa shape index (κ2) is 10.5. The zero-order valence-corrected chi connectivity index (χ0v) is 16.2. The molecule has 1 aromatic heterocycles. The fourth-order valence-corrected chi connectivity index (χ4v) is 2.75. The van der Waals surface area contributed by atoms with Crippen molar-refractivity contribution < 1.29 is 9.26 Å². The number of nitrogens with zero attached hydrogens (tertiary/aromatic N) is 2. The first-order valence-corrected chi connectivity index (χ1v) is 9.26. The van der Waals surface area contributed by atoms with E-state index in [9.17, 15) is 0 Å². The molecule has 0 spiro atoms. The first kappa shape index (κ1) is 19.8. The number of aliphatic imine (C=N–C) groups is 1. The SMILES string of the molecule is CCC(CC)c1cc(CNC(=NC)NCCOc2ccccc2C)on1.